The molecule has 0 bridgehead atoms. The Morgan fingerprint density at radius 1 is 1.29 bits per heavy atom. The number of carbonyl (C=O) groups is 1. The summed E-state index contributed by atoms with van der Waals surface area (Å²) in [7, 11) is -3.23. The van der Waals surface area contributed by atoms with Gasteiger partial charge in [-0.15, -0.1) is 0 Å². The summed E-state index contributed by atoms with van der Waals surface area (Å²) < 4.78 is 29.7. The predicted molar refractivity (Wildman–Crippen MR) is 81.9 cm³/mol. The molecule has 0 fully saturated rings. The number of rotatable bonds is 7. The van der Waals surface area contributed by atoms with Crippen molar-refractivity contribution in [1.29, 1.82) is 0 Å². The van der Waals surface area contributed by atoms with Crippen LogP contribution >= 0.6 is 0 Å². The lowest BCUT2D eigenvalue weighted by atomic mass is 10.1. The van der Waals surface area contributed by atoms with Crippen LogP contribution in [0.5, 0.6) is 5.75 Å². The lowest BCUT2D eigenvalue weighted by Gasteiger charge is -2.16. The van der Waals surface area contributed by atoms with E-state index in [-0.39, 0.29) is 19.0 Å². The Kier molecular flexibility index (Phi) is 6.17. The molecule has 0 saturated carbocycles. The van der Waals surface area contributed by atoms with Gasteiger partial charge in [-0.05, 0) is 38.0 Å². The Balaban J connectivity index is 2.46. The van der Waals surface area contributed by atoms with E-state index in [9.17, 15) is 13.2 Å². The topological polar surface area (TPSA) is 84.5 Å². The number of hydrogen-bond donors (Lipinski definition) is 2. The molecule has 7 heteroatoms. The average Bonchev–Trinajstić information content (AvgIpc) is 2.37. The van der Waals surface area contributed by atoms with Gasteiger partial charge in [-0.3, -0.25) is 4.79 Å². The number of nitrogens with one attached hydrogen (secondary N) is 2. The number of carbonyl (C=O) groups excluding carboxylic acids is 1. The molecule has 1 rings (SSSR count). The summed E-state index contributed by atoms with van der Waals surface area (Å²) in [5, 5.41) is 2.62. The Labute approximate surface area is 125 Å². The molecule has 1 aromatic rings. The molecule has 1 unspecified atom stereocenters. The highest BCUT2D eigenvalue weighted by Crippen LogP contribution is 2.20. The molecule has 1 aromatic carbocycles. The van der Waals surface area contributed by atoms with Gasteiger partial charge in [-0.2, -0.15) is 0 Å². The number of aryl methyl sites for hydroxylation is 2. The van der Waals surface area contributed by atoms with E-state index in [2.05, 4.69) is 10.0 Å². The monoisotopic (exact) mass is 314 g/mol. The molecule has 2 N–H and O–H groups in total. The molecule has 0 aromatic heterocycles. The maximum absolute atomic E-state index is 11.9. The summed E-state index contributed by atoms with van der Waals surface area (Å²) >= 11 is 0. The van der Waals surface area contributed by atoms with Crippen molar-refractivity contribution in [2.45, 2.75) is 26.9 Å². The molecule has 6 nitrogen and oxygen atoms in total. The highest BCUT2D eigenvalue weighted by molar-refractivity contribution is 7.88. The quantitative estimate of drug-likeness (QED) is 0.727. The highest BCUT2D eigenvalue weighted by Gasteiger charge is 2.15. The standard InChI is InChI=1S/C14H22N2O4S/c1-10-5-6-11(2)13(9-10)20-12(3)14(17)15-7-8-16-21(4,18)19/h5-6,9,12,16H,7-8H2,1-4H3,(H,15,17). The molecular weight excluding hydrogens is 292 g/mol. The van der Waals surface area contributed by atoms with Crippen LogP contribution in [-0.4, -0.2) is 39.8 Å². The van der Waals surface area contributed by atoms with Gasteiger partial charge in [0, 0.05) is 13.1 Å². The van der Waals surface area contributed by atoms with Gasteiger partial charge in [0.15, 0.2) is 6.10 Å². The Hall–Kier alpha value is -1.60. The second-order valence-corrected chi connectivity index (χ2v) is 6.82. The molecule has 0 heterocycles. The lowest BCUT2D eigenvalue weighted by Crippen LogP contribution is -2.40. The molecule has 0 radical (unpaired) electrons. The van der Waals surface area contributed by atoms with Gasteiger partial charge in [-0.1, -0.05) is 12.1 Å². The zero-order valence-corrected chi connectivity index (χ0v) is 13.6. The first-order chi connectivity index (χ1) is 9.69. The van der Waals surface area contributed by atoms with Crippen molar-refractivity contribution in [2.75, 3.05) is 19.3 Å². The lowest BCUT2D eigenvalue weighted by molar-refractivity contribution is -0.127. The van der Waals surface area contributed by atoms with Gasteiger partial charge in [0.1, 0.15) is 5.75 Å². The van der Waals surface area contributed by atoms with Crippen molar-refractivity contribution in [3.8, 4) is 5.75 Å². The fourth-order valence-electron chi connectivity index (χ4n) is 1.64. The van der Waals surface area contributed by atoms with Gasteiger partial charge in [0.25, 0.3) is 5.91 Å². The van der Waals surface area contributed by atoms with E-state index >= 15 is 0 Å². The molecule has 1 atom stereocenters. The average molecular weight is 314 g/mol. The van der Waals surface area contributed by atoms with Gasteiger partial charge < -0.3 is 10.1 Å². The minimum absolute atomic E-state index is 0.154. The number of amides is 1. The summed E-state index contributed by atoms with van der Waals surface area (Å²) in [6.07, 6.45) is 0.421. The van der Waals surface area contributed by atoms with Crippen LogP contribution in [0.2, 0.25) is 0 Å². The van der Waals surface area contributed by atoms with E-state index in [0.717, 1.165) is 17.4 Å². The SMILES string of the molecule is Cc1ccc(C)c(OC(C)C(=O)NCCNS(C)(=O)=O)c1. The molecule has 0 aliphatic rings. The Morgan fingerprint density at radius 3 is 2.57 bits per heavy atom. The highest BCUT2D eigenvalue weighted by atomic mass is 32.2. The van der Waals surface area contributed by atoms with Gasteiger partial charge in [0.05, 0.1) is 6.26 Å². The summed E-state index contributed by atoms with van der Waals surface area (Å²) in [4.78, 5) is 11.9. The number of sulfonamides is 1. The van der Waals surface area contributed by atoms with E-state index in [1.807, 2.05) is 32.0 Å². The predicted octanol–water partition coefficient (Wildman–Crippen LogP) is 0.736. The minimum atomic E-state index is -3.23. The van der Waals surface area contributed by atoms with Crippen molar-refractivity contribution in [3.05, 3.63) is 29.3 Å². The Morgan fingerprint density at radius 2 is 1.95 bits per heavy atom. The van der Waals surface area contributed by atoms with Crippen LogP contribution in [-0.2, 0) is 14.8 Å². The van der Waals surface area contributed by atoms with Crippen molar-refractivity contribution in [3.63, 3.8) is 0 Å². The summed E-state index contributed by atoms with van der Waals surface area (Å²) in [6, 6.07) is 5.79. The molecule has 0 spiro atoms. The zero-order chi connectivity index (χ0) is 16.0. The smallest absolute Gasteiger partial charge is 0.260 e. The fourth-order valence-corrected chi connectivity index (χ4v) is 2.12. The normalized spacial score (nSPS) is 12.8. The molecule has 118 valence electrons. The minimum Gasteiger partial charge on any atom is -0.481 e. The maximum atomic E-state index is 11.9. The number of hydrogen-bond acceptors (Lipinski definition) is 4. The fraction of sp³-hybridized carbons (Fsp3) is 0.500. The van der Waals surface area contributed by atoms with Crippen LogP contribution in [0.1, 0.15) is 18.1 Å². The Bertz CT molecular complexity index is 599. The van der Waals surface area contributed by atoms with E-state index in [4.69, 9.17) is 4.74 Å². The third-order valence-electron chi connectivity index (χ3n) is 2.81. The summed E-state index contributed by atoms with van der Waals surface area (Å²) in [5.41, 5.74) is 2.01. The van der Waals surface area contributed by atoms with Gasteiger partial charge in [0.2, 0.25) is 10.0 Å². The van der Waals surface area contributed by atoms with Gasteiger partial charge >= 0.3 is 0 Å². The first-order valence-corrected chi connectivity index (χ1v) is 8.54. The van der Waals surface area contributed by atoms with Crippen LogP contribution in [0.3, 0.4) is 0 Å². The second kappa shape index (κ2) is 7.42. The van der Waals surface area contributed by atoms with Crippen molar-refractivity contribution >= 4 is 15.9 Å². The third-order valence-corrected chi connectivity index (χ3v) is 3.53. The van der Waals surface area contributed by atoms with Crippen molar-refractivity contribution in [2.24, 2.45) is 0 Å². The van der Waals surface area contributed by atoms with E-state index in [1.165, 1.54) is 0 Å². The largest absolute Gasteiger partial charge is 0.481 e. The van der Waals surface area contributed by atoms with Crippen LogP contribution in [0.15, 0.2) is 18.2 Å². The molecule has 1 amide bonds. The number of benzene rings is 1. The molecule has 0 aliphatic heterocycles. The third kappa shape index (κ3) is 6.59. The molecule has 21 heavy (non-hydrogen) atoms. The van der Waals surface area contributed by atoms with Crippen molar-refractivity contribution in [1.82, 2.24) is 10.0 Å². The van der Waals surface area contributed by atoms with Crippen LogP contribution < -0.4 is 14.8 Å². The van der Waals surface area contributed by atoms with E-state index in [0.29, 0.717) is 5.75 Å². The molecule has 0 aliphatic carbocycles. The van der Waals surface area contributed by atoms with E-state index in [1.54, 1.807) is 6.92 Å². The first-order valence-electron chi connectivity index (χ1n) is 6.65. The van der Waals surface area contributed by atoms with E-state index < -0.39 is 16.1 Å². The maximum Gasteiger partial charge on any atom is 0.260 e. The van der Waals surface area contributed by atoms with Crippen LogP contribution in [0.4, 0.5) is 0 Å². The molecular formula is C14H22N2O4S. The van der Waals surface area contributed by atoms with Gasteiger partial charge in [-0.25, -0.2) is 13.1 Å². The van der Waals surface area contributed by atoms with Crippen LogP contribution in [0, 0.1) is 13.8 Å². The van der Waals surface area contributed by atoms with Crippen LogP contribution in [0.25, 0.3) is 0 Å². The molecule has 0 saturated heterocycles. The second-order valence-electron chi connectivity index (χ2n) is 4.99. The number of ether oxygens (including phenoxy) is 1. The zero-order valence-electron chi connectivity index (χ0n) is 12.8. The first kappa shape index (κ1) is 17.5. The summed E-state index contributed by atoms with van der Waals surface area (Å²) in [6.45, 7) is 5.89. The van der Waals surface area contributed by atoms with Crippen molar-refractivity contribution < 1.29 is 17.9 Å². The summed E-state index contributed by atoms with van der Waals surface area (Å²) in [5.74, 6) is 0.387.